The largest absolute Gasteiger partial charge is 0.326 e. The van der Waals surface area contributed by atoms with Gasteiger partial charge < -0.3 is 5.73 Å². The minimum Gasteiger partial charge on any atom is -0.326 e. The predicted octanol–water partition coefficient (Wildman–Crippen LogP) is 3.16. The summed E-state index contributed by atoms with van der Waals surface area (Å²) < 4.78 is 2.08. The van der Waals surface area contributed by atoms with Gasteiger partial charge in [-0.2, -0.15) is 5.10 Å². The SMILES string of the molecule is CCC(N)Cn1cc(C2C3CC4CC(C3)CC2C4)cn1. The zero-order valence-electron chi connectivity index (χ0n) is 12.5. The molecule has 5 rings (SSSR count). The zero-order valence-corrected chi connectivity index (χ0v) is 12.5. The highest BCUT2D eigenvalue weighted by molar-refractivity contribution is 5.19. The molecule has 2 N–H and O–H groups in total. The number of nitrogens with zero attached hydrogens (tertiary/aromatic N) is 2. The molecule has 0 aromatic carbocycles. The van der Waals surface area contributed by atoms with E-state index in [0.717, 1.165) is 42.6 Å². The number of hydrogen-bond acceptors (Lipinski definition) is 2. The van der Waals surface area contributed by atoms with E-state index in [1.165, 1.54) is 37.7 Å². The topological polar surface area (TPSA) is 43.8 Å². The third-order valence-corrected chi connectivity index (χ3v) is 6.21. The zero-order chi connectivity index (χ0) is 13.7. The molecule has 4 bridgehead atoms. The van der Waals surface area contributed by atoms with Gasteiger partial charge in [0, 0.05) is 12.2 Å². The minimum atomic E-state index is 0.237. The molecule has 1 unspecified atom stereocenters. The van der Waals surface area contributed by atoms with E-state index in [-0.39, 0.29) is 6.04 Å². The van der Waals surface area contributed by atoms with Gasteiger partial charge in [0.05, 0.1) is 12.7 Å². The van der Waals surface area contributed by atoms with Gasteiger partial charge in [0.25, 0.3) is 0 Å². The van der Waals surface area contributed by atoms with Crippen LogP contribution in [0.4, 0.5) is 0 Å². The van der Waals surface area contributed by atoms with Crippen molar-refractivity contribution in [3.8, 4) is 0 Å². The second-order valence-electron chi connectivity index (χ2n) is 7.62. The molecule has 4 fully saturated rings. The lowest BCUT2D eigenvalue weighted by molar-refractivity contribution is -0.00281. The molecule has 20 heavy (non-hydrogen) atoms. The molecule has 3 nitrogen and oxygen atoms in total. The van der Waals surface area contributed by atoms with Gasteiger partial charge in [-0.1, -0.05) is 6.92 Å². The highest BCUT2D eigenvalue weighted by Gasteiger charge is 2.48. The third kappa shape index (κ3) is 2.11. The van der Waals surface area contributed by atoms with Crippen LogP contribution in [-0.4, -0.2) is 15.8 Å². The molecule has 4 saturated carbocycles. The molecule has 0 saturated heterocycles. The van der Waals surface area contributed by atoms with Crippen LogP contribution in [0.2, 0.25) is 0 Å². The Morgan fingerprint density at radius 2 is 1.85 bits per heavy atom. The van der Waals surface area contributed by atoms with Gasteiger partial charge in [0.1, 0.15) is 0 Å². The van der Waals surface area contributed by atoms with Crippen molar-refractivity contribution in [2.75, 3.05) is 0 Å². The van der Waals surface area contributed by atoms with Crippen molar-refractivity contribution in [2.45, 2.75) is 64.0 Å². The number of nitrogens with two attached hydrogens (primary N) is 1. The van der Waals surface area contributed by atoms with Crippen LogP contribution < -0.4 is 5.73 Å². The van der Waals surface area contributed by atoms with Crippen LogP contribution in [0.5, 0.6) is 0 Å². The average molecular weight is 273 g/mol. The lowest BCUT2D eigenvalue weighted by atomic mass is 9.51. The molecule has 4 aliphatic carbocycles. The summed E-state index contributed by atoms with van der Waals surface area (Å²) in [5.74, 6) is 4.80. The molecular formula is C17H27N3. The maximum absolute atomic E-state index is 6.05. The van der Waals surface area contributed by atoms with Crippen LogP contribution in [0.15, 0.2) is 12.4 Å². The summed E-state index contributed by atoms with van der Waals surface area (Å²) in [7, 11) is 0. The van der Waals surface area contributed by atoms with Gasteiger partial charge >= 0.3 is 0 Å². The summed E-state index contributed by atoms with van der Waals surface area (Å²) in [4.78, 5) is 0. The number of hydrogen-bond donors (Lipinski definition) is 1. The summed E-state index contributed by atoms with van der Waals surface area (Å²) in [6, 6.07) is 0.237. The smallest absolute Gasteiger partial charge is 0.0560 e. The minimum absolute atomic E-state index is 0.237. The lowest BCUT2D eigenvalue weighted by Gasteiger charge is -2.54. The van der Waals surface area contributed by atoms with Crippen molar-refractivity contribution >= 4 is 0 Å². The summed E-state index contributed by atoms with van der Waals surface area (Å²) in [6.45, 7) is 3.01. The maximum atomic E-state index is 6.05. The predicted molar refractivity (Wildman–Crippen MR) is 80.3 cm³/mol. The Kier molecular flexibility index (Phi) is 3.13. The first-order valence-corrected chi connectivity index (χ1v) is 8.50. The van der Waals surface area contributed by atoms with Gasteiger partial charge in [-0.15, -0.1) is 0 Å². The Balaban J connectivity index is 1.53. The molecule has 1 heterocycles. The second-order valence-corrected chi connectivity index (χ2v) is 7.62. The quantitative estimate of drug-likeness (QED) is 0.915. The fourth-order valence-corrected chi connectivity index (χ4v) is 5.49. The fraction of sp³-hybridized carbons (Fsp3) is 0.824. The molecule has 0 radical (unpaired) electrons. The molecule has 110 valence electrons. The van der Waals surface area contributed by atoms with E-state index in [1.807, 2.05) is 0 Å². The first-order valence-electron chi connectivity index (χ1n) is 8.50. The molecule has 1 aromatic heterocycles. The molecular weight excluding hydrogens is 246 g/mol. The molecule has 4 aliphatic rings. The van der Waals surface area contributed by atoms with Gasteiger partial charge in [0.2, 0.25) is 0 Å². The van der Waals surface area contributed by atoms with Gasteiger partial charge in [-0.3, -0.25) is 4.68 Å². The van der Waals surface area contributed by atoms with E-state index in [1.54, 1.807) is 0 Å². The van der Waals surface area contributed by atoms with Crippen molar-refractivity contribution in [1.29, 1.82) is 0 Å². The summed E-state index contributed by atoms with van der Waals surface area (Å²) in [6.07, 6.45) is 12.9. The van der Waals surface area contributed by atoms with E-state index in [4.69, 9.17) is 5.73 Å². The first kappa shape index (κ1) is 12.9. The van der Waals surface area contributed by atoms with Gasteiger partial charge in [-0.05, 0) is 73.7 Å². The number of rotatable bonds is 4. The highest BCUT2D eigenvalue weighted by atomic mass is 15.3. The molecule has 3 heteroatoms. The first-order chi connectivity index (χ1) is 9.72. The van der Waals surface area contributed by atoms with Crippen LogP contribution in [0, 0.1) is 23.7 Å². The van der Waals surface area contributed by atoms with Crippen molar-refractivity contribution in [2.24, 2.45) is 29.4 Å². The van der Waals surface area contributed by atoms with E-state index in [0.29, 0.717) is 0 Å². The Morgan fingerprint density at radius 1 is 1.20 bits per heavy atom. The third-order valence-electron chi connectivity index (χ3n) is 6.21. The van der Waals surface area contributed by atoms with E-state index >= 15 is 0 Å². The fourth-order valence-electron chi connectivity index (χ4n) is 5.49. The summed E-state index contributed by atoms with van der Waals surface area (Å²) in [5.41, 5.74) is 7.55. The Labute approximate surface area is 121 Å². The van der Waals surface area contributed by atoms with E-state index in [9.17, 15) is 0 Å². The van der Waals surface area contributed by atoms with E-state index < -0.39 is 0 Å². The van der Waals surface area contributed by atoms with Crippen LogP contribution in [-0.2, 0) is 6.54 Å². The van der Waals surface area contributed by atoms with E-state index in [2.05, 4.69) is 29.1 Å². The highest BCUT2D eigenvalue weighted by Crippen LogP contribution is 2.59. The average Bonchev–Trinajstić information content (AvgIpc) is 2.85. The Bertz CT molecular complexity index is 450. The van der Waals surface area contributed by atoms with Crippen molar-refractivity contribution in [1.82, 2.24) is 9.78 Å². The maximum Gasteiger partial charge on any atom is 0.0560 e. The second kappa shape index (κ2) is 4.87. The Hall–Kier alpha value is -0.830. The molecule has 0 amide bonds. The Morgan fingerprint density at radius 3 is 2.45 bits per heavy atom. The van der Waals surface area contributed by atoms with Crippen molar-refractivity contribution in [3.05, 3.63) is 18.0 Å². The molecule has 0 aliphatic heterocycles. The summed E-state index contributed by atoms with van der Waals surface area (Å²) in [5, 5.41) is 4.57. The van der Waals surface area contributed by atoms with Crippen LogP contribution >= 0.6 is 0 Å². The normalized spacial score (nSPS) is 40.2. The van der Waals surface area contributed by atoms with Crippen LogP contribution in [0.3, 0.4) is 0 Å². The summed E-state index contributed by atoms with van der Waals surface area (Å²) >= 11 is 0. The monoisotopic (exact) mass is 273 g/mol. The van der Waals surface area contributed by atoms with Crippen LogP contribution in [0.25, 0.3) is 0 Å². The van der Waals surface area contributed by atoms with Gasteiger partial charge in [0.15, 0.2) is 0 Å². The molecule has 1 aromatic rings. The number of aromatic nitrogens is 2. The molecule has 1 atom stereocenters. The molecule has 0 spiro atoms. The van der Waals surface area contributed by atoms with Crippen molar-refractivity contribution < 1.29 is 0 Å². The van der Waals surface area contributed by atoms with Crippen molar-refractivity contribution in [3.63, 3.8) is 0 Å². The van der Waals surface area contributed by atoms with Crippen LogP contribution in [0.1, 0.15) is 56.9 Å². The standard InChI is InChI=1S/C17H27N3/c1-2-16(18)10-20-9-15(8-19-20)17-13-4-11-3-12(6-13)7-14(17)5-11/h8-9,11-14,16-17H,2-7,10,18H2,1H3. The van der Waals surface area contributed by atoms with Gasteiger partial charge in [-0.25, -0.2) is 0 Å². The lowest BCUT2D eigenvalue weighted by Crippen LogP contribution is -2.43.